The van der Waals surface area contributed by atoms with Gasteiger partial charge in [-0.1, -0.05) is 18.2 Å². The molecule has 8 nitrogen and oxygen atoms in total. The number of hydrogen-bond acceptors (Lipinski definition) is 6. The Hall–Kier alpha value is -2.20. The third kappa shape index (κ3) is 5.17. The van der Waals surface area contributed by atoms with Crippen molar-refractivity contribution in [1.82, 2.24) is 14.7 Å². The second kappa shape index (κ2) is 9.12. The summed E-state index contributed by atoms with van der Waals surface area (Å²) in [4.78, 5) is 19.8. The second-order valence-corrected chi connectivity index (χ2v) is 10.0. The van der Waals surface area contributed by atoms with Gasteiger partial charge in [0, 0.05) is 38.6 Å². The monoisotopic (exact) mass is 446 g/mol. The van der Waals surface area contributed by atoms with Crippen LogP contribution in [0.25, 0.3) is 0 Å². The van der Waals surface area contributed by atoms with Gasteiger partial charge in [-0.15, -0.1) is 0 Å². The maximum atomic E-state index is 12.9. The van der Waals surface area contributed by atoms with Crippen molar-refractivity contribution in [2.24, 2.45) is 5.14 Å². The summed E-state index contributed by atoms with van der Waals surface area (Å²) < 4.78 is 29.2. The summed E-state index contributed by atoms with van der Waals surface area (Å²) in [6.45, 7) is 5.48. The number of carbonyl (C=O) groups is 1. The number of piperazine rings is 1. The predicted molar refractivity (Wildman–Crippen MR) is 117 cm³/mol. The quantitative estimate of drug-likeness (QED) is 0.745. The maximum Gasteiger partial charge on any atom is 0.257 e. The van der Waals surface area contributed by atoms with Crippen molar-refractivity contribution < 1.29 is 17.6 Å². The van der Waals surface area contributed by atoms with Crippen LogP contribution in [0.5, 0.6) is 0 Å². The van der Waals surface area contributed by atoms with E-state index in [0.29, 0.717) is 36.0 Å². The van der Waals surface area contributed by atoms with Gasteiger partial charge in [0.05, 0.1) is 10.5 Å². The summed E-state index contributed by atoms with van der Waals surface area (Å²) in [7, 11) is -1.66. The van der Waals surface area contributed by atoms with E-state index in [1.807, 2.05) is 4.90 Å². The first kappa shape index (κ1) is 22.0. The zero-order valence-electron chi connectivity index (χ0n) is 17.9. The first-order chi connectivity index (χ1) is 14.8. The Morgan fingerprint density at radius 1 is 1.10 bits per heavy atom. The molecule has 2 aromatic rings. The van der Waals surface area contributed by atoms with Crippen LogP contribution in [0.3, 0.4) is 0 Å². The van der Waals surface area contributed by atoms with E-state index in [0.717, 1.165) is 26.2 Å². The Bertz CT molecular complexity index is 1020. The lowest BCUT2D eigenvalue weighted by molar-refractivity contribution is 0.0474. The minimum absolute atomic E-state index is 0.0437. The molecule has 0 bridgehead atoms. The van der Waals surface area contributed by atoms with Crippen LogP contribution >= 0.6 is 0 Å². The number of rotatable bonds is 5. The van der Waals surface area contributed by atoms with Crippen LogP contribution in [0.4, 0.5) is 0 Å². The molecule has 0 radical (unpaired) electrons. The Labute approximate surface area is 183 Å². The van der Waals surface area contributed by atoms with Crippen molar-refractivity contribution in [2.45, 2.75) is 30.2 Å². The van der Waals surface area contributed by atoms with Gasteiger partial charge in [-0.05, 0) is 50.7 Å². The summed E-state index contributed by atoms with van der Waals surface area (Å²) in [6, 6.07) is 8.88. The summed E-state index contributed by atoms with van der Waals surface area (Å²) >= 11 is 0. The van der Waals surface area contributed by atoms with E-state index in [9.17, 15) is 13.2 Å². The minimum Gasteiger partial charge on any atom is -0.468 e. The highest BCUT2D eigenvalue weighted by Gasteiger charge is 2.29. The number of sulfonamides is 1. The molecule has 3 heterocycles. The first-order valence-electron chi connectivity index (χ1n) is 10.7. The molecule has 0 unspecified atom stereocenters. The van der Waals surface area contributed by atoms with Gasteiger partial charge in [-0.25, -0.2) is 13.6 Å². The van der Waals surface area contributed by atoms with Crippen molar-refractivity contribution in [3.8, 4) is 0 Å². The molecule has 9 heteroatoms. The largest absolute Gasteiger partial charge is 0.468 e. The molecule has 2 fully saturated rings. The zero-order chi connectivity index (χ0) is 22.0. The highest BCUT2D eigenvalue weighted by atomic mass is 32.2. The lowest BCUT2D eigenvalue weighted by Gasteiger charge is -2.42. The number of nitrogens with two attached hydrogens (primary N) is 1. The number of primary sulfonamides is 1. The molecular formula is C22H30N4O4S. The van der Waals surface area contributed by atoms with E-state index in [-0.39, 0.29) is 17.2 Å². The van der Waals surface area contributed by atoms with Crippen LogP contribution in [0, 0.1) is 0 Å². The number of likely N-dealkylation sites (tertiary alicyclic amines) is 1. The van der Waals surface area contributed by atoms with Gasteiger partial charge in [0.25, 0.3) is 5.91 Å². The Morgan fingerprint density at radius 3 is 2.45 bits per heavy atom. The van der Waals surface area contributed by atoms with E-state index < -0.39 is 10.0 Å². The first-order valence-corrected chi connectivity index (χ1v) is 12.3. The second-order valence-electron chi connectivity index (χ2n) is 8.49. The van der Waals surface area contributed by atoms with Crippen LogP contribution in [0.2, 0.25) is 0 Å². The van der Waals surface area contributed by atoms with Gasteiger partial charge in [0.2, 0.25) is 10.0 Å². The SMILES string of the molecule is CN1CCC(N2CCN(C(=O)c3coc(Cc4ccccc4S(N)(=O)=O)c3)CC2)CC1. The van der Waals surface area contributed by atoms with Crippen molar-refractivity contribution in [1.29, 1.82) is 0 Å². The number of nitrogens with zero attached hydrogens (tertiary/aromatic N) is 3. The van der Waals surface area contributed by atoms with Crippen LogP contribution in [-0.4, -0.2) is 81.4 Å². The highest BCUT2D eigenvalue weighted by molar-refractivity contribution is 7.89. The molecule has 0 atom stereocenters. The lowest BCUT2D eigenvalue weighted by atomic mass is 10.0. The lowest BCUT2D eigenvalue weighted by Crippen LogP contribution is -2.54. The summed E-state index contributed by atoms with van der Waals surface area (Å²) in [5, 5.41) is 5.31. The van der Waals surface area contributed by atoms with Crippen LogP contribution in [0.1, 0.15) is 34.5 Å². The molecule has 2 aliphatic rings. The number of carbonyl (C=O) groups excluding carboxylic acids is 1. The van der Waals surface area contributed by atoms with E-state index in [1.165, 1.54) is 25.2 Å². The molecular weight excluding hydrogens is 416 g/mol. The molecule has 1 aromatic heterocycles. The molecule has 4 rings (SSSR count). The Kier molecular flexibility index (Phi) is 6.47. The Morgan fingerprint density at radius 2 is 1.77 bits per heavy atom. The molecule has 1 aromatic carbocycles. The Balaban J connectivity index is 1.36. The smallest absolute Gasteiger partial charge is 0.257 e. The van der Waals surface area contributed by atoms with Crippen LogP contribution in [-0.2, 0) is 16.4 Å². The van der Waals surface area contributed by atoms with E-state index >= 15 is 0 Å². The van der Waals surface area contributed by atoms with Gasteiger partial charge < -0.3 is 14.2 Å². The maximum absolute atomic E-state index is 12.9. The van der Waals surface area contributed by atoms with Gasteiger partial charge >= 0.3 is 0 Å². The molecule has 0 saturated carbocycles. The number of furan rings is 1. The fourth-order valence-corrected chi connectivity index (χ4v) is 5.31. The summed E-state index contributed by atoms with van der Waals surface area (Å²) in [5.41, 5.74) is 1.04. The molecule has 1 amide bonds. The van der Waals surface area contributed by atoms with Crippen LogP contribution in [0.15, 0.2) is 45.9 Å². The molecule has 0 aliphatic carbocycles. The van der Waals surface area contributed by atoms with Crippen molar-refractivity contribution >= 4 is 15.9 Å². The average molecular weight is 447 g/mol. The predicted octanol–water partition coefficient (Wildman–Crippen LogP) is 1.37. The molecule has 0 spiro atoms. The zero-order valence-corrected chi connectivity index (χ0v) is 18.7. The van der Waals surface area contributed by atoms with E-state index in [4.69, 9.17) is 9.56 Å². The normalized spacial score (nSPS) is 19.6. The number of piperidine rings is 1. The van der Waals surface area contributed by atoms with E-state index in [2.05, 4.69) is 16.8 Å². The average Bonchev–Trinajstić information content (AvgIpc) is 3.22. The van der Waals surface area contributed by atoms with Gasteiger partial charge in [0.15, 0.2) is 0 Å². The van der Waals surface area contributed by atoms with Gasteiger partial charge in [-0.3, -0.25) is 9.69 Å². The standard InChI is InChI=1S/C22H30N4O4S/c1-24-8-6-19(7-9-24)25-10-12-26(13-11-25)22(27)18-15-20(30-16-18)14-17-4-2-3-5-21(17)31(23,28)29/h2-5,15-16,19H,6-14H2,1H3,(H2,23,28,29). The molecule has 2 N–H and O–H groups in total. The molecule has 2 aliphatic heterocycles. The minimum atomic E-state index is -3.82. The van der Waals surface area contributed by atoms with Gasteiger partial charge in [-0.2, -0.15) is 0 Å². The third-order valence-electron chi connectivity index (χ3n) is 6.35. The van der Waals surface area contributed by atoms with Crippen molar-refractivity contribution in [2.75, 3.05) is 46.3 Å². The third-order valence-corrected chi connectivity index (χ3v) is 7.36. The van der Waals surface area contributed by atoms with Gasteiger partial charge in [0.1, 0.15) is 12.0 Å². The summed E-state index contributed by atoms with van der Waals surface area (Å²) in [6.07, 6.45) is 4.09. The number of amides is 1. The van der Waals surface area contributed by atoms with Crippen molar-refractivity contribution in [3.63, 3.8) is 0 Å². The number of benzene rings is 1. The fourth-order valence-electron chi connectivity index (χ4n) is 4.53. The topological polar surface area (TPSA) is 100 Å². The molecule has 2 saturated heterocycles. The van der Waals surface area contributed by atoms with E-state index in [1.54, 1.807) is 24.3 Å². The molecule has 168 valence electrons. The summed E-state index contributed by atoms with van der Waals surface area (Å²) in [5.74, 6) is 0.488. The number of hydrogen-bond donors (Lipinski definition) is 1. The van der Waals surface area contributed by atoms with Crippen molar-refractivity contribution in [3.05, 3.63) is 53.5 Å². The fraction of sp³-hybridized carbons (Fsp3) is 0.500. The van der Waals surface area contributed by atoms with Crippen LogP contribution < -0.4 is 5.14 Å². The highest BCUT2D eigenvalue weighted by Crippen LogP contribution is 2.22. The molecule has 31 heavy (non-hydrogen) atoms.